The summed E-state index contributed by atoms with van der Waals surface area (Å²) in [7, 11) is 0. The number of esters is 1. The molecule has 10 heteroatoms. The van der Waals surface area contributed by atoms with Gasteiger partial charge in [-0.2, -0.15) is 10.5 Å². The van der Waals surface area contributed by atoms with Gasteiger partial charge in [-0.05, 0) is 26.0 Å². The van der Waals surface area contributed by atoms with Crippen LogP contribution in [0, 0.1) is 22.7 Å². The maximum absolute atomic E-state index is 12.0. The SMILES string of the molecule is CCOOCC(C#N)=C1Sc2cc3c(cc2S1)SC(=C(C#N)C(=O)OCC)S3. The molecule has 0 spiro atoms. The fourth-order valence-electron chi connectivity index (χ4n) is 2.21. The molecule has 6 nitrogen and oxygen atoms in total. The van der Waals surface area contributed by atoms with E-state index in [1.807, 2.05) is 25.1 Å². The van der Waals surface area contributed by atoms with Crippen LogP contribution >= 0.6 is 47.0 Å². The highest BCUT2D eigenvalue weighted by Gasteiger charge is 2.30. The molecule has 144 valence electrons. The van der Waals surface area contributed by atoms with E-state index in [1.54, 1.807) is 6.92 Å². The van der Waals surface area contributed by atoms with Crippen LogP contribution in [0.15, 0.2) is 51.3 Å². The van der Waals surface area contributed by atoms with Crippen LogP contribution in [0.3, 0.4) is 0 Å². The average molecular weight is 451 g/mol. The van der Waals surface area contributed by atoms with Gasteiger partial charge in [0.2, 0.25) is 0 Å². The lowest BCUT2D eigenvalue weighted by molar-refractivity contribution is -0.283. The smallest absolute Gasteiger partial charge is 0.350 e. The fourth-order valence-corrected chi connectivity index (χ4v) is 7.33. The van der Waals surface area contributed by atoms with E-state index in [1.165, 1.54) is 47.0 Å². The lowest BCUT2D eigenvalue weighted by Crippen LogP contribution is -2.07. The highest BCUT2D eigenvalue weighted by Crippen LogP contribution is 2.59. The first-order chi connectivity index (χ1) is 13.6. The number of carbonyl (C=O) groups is 1. The Kier molecular flexibility index (Phi) is 7.41. The third-order valence-electron chi connectivity index (χ3n) is 3.40. The first-order valence-electron chi connectivity index (χ1n) is 8.19. The van der Waals surface area contributed by atoms with E-state index in [0.717, 1.165) is 23.8 Å². The molecule has 2 aliphatic heterocycles. The molecule has 1 aromatic rings. The van der Waals surface area contributed by atoms with Gasteiger partial charge in [0, 0.05) is 19.6 Å². The minimum Gasteiger partial charge on any atom is -0.462 e. The van der Waals surface area contributed by atoms with E-state index in [-0.39, 0.29) is 18.8 Å². The van der Waals surface area contributed by atoms with Gasteiger partial charge < -0.3 is 4.74 Å². The Labute approximate surface area is 179 Å². The maximum Gasteiger partial charge on any atom is 0.350 e. The molecule has 0 aliphatic carbocycles. The van der Waals surface area contributed by atoms with Crippen molar-refractivity contribution in [1.82, 2.24) is 0 Å². The molecule has 3 rings (SSSR count). The van der Waals surface area contributed by atoms with Crippen molar-refractivity contribution in [2.75, 3.05) is 19.8 Å². The second-order valence-electron chi connectivity index (χ2n) is 5.20. The minimum absolute atomic E-state index is 0.0361. The van der Waals surface area contributed by atoms with Gasteiger partial charge >= 0.3 is 5.97 Å². The molecule has 28 heavy (non-hydrogen) atoms. The van der Waals surface area contributed by atoms with Crippen LogP contribution < -0.4 is 0 Å². The molecule has 0 atom stereocenters. The molecule has 0 saturated heterocycles. The van der Waals surface area contributed by atoms with Crippen LogP contribution in [-0.4, -0.2) is 25.8 Å². The second kappa shape index (κ2) is 9.79. The van der Waals surface area contributed by atoms with Crippen LogP contribution in [-0.2, 0) is 19.3 Å². The molecule has 0 aromatic heterocycles. The maximum atomic E-state index is 12.0. The van der Waals surface area contributed by atoms with E-state index in [0.29, 0.717) is 16.4 Å². The summed E-state index contributed by atoms with van der Waals surface area (Å²) < 4.78 is 6.47. The van der Waals surface area contributed by atoms with Gasteiger partial charge in [-0.25, -0.2) is 14.6 Å². The number of thioether (sulfide) groups is 4. The molecule has 0 fully saturated rings. The lowest BCUT2D eigenvalue weighted by Gasteiger charge is -2.02. The van der Waals surface area contributed by atoms with Crippen molar-refractivity contribution in [2.24, 2.45) is 0 Å². The summed E-state index contributed by atoms with van der Waals surface area (Å²) in [6.07, 6.45) is 0. The number of fused-ring (bicyclic) bond motifs is 2. The first kappa shape index (κ1) is 21.2. The molecular formula is C18H14N2O4S4. The van der Waals surface area contributed by atoms with Gasteiger partial charge in [0.25, 0.3) is 0 Å². The zero-order valence-corrected chi connectivity index (χ0v) is 18.2. The summed E-state index contributed by atoms with van der Waals surface area (Å²) in [5.74, 6) is -0.595. The summed E-state index contributed by atoms with van der Waals surface area (Å²) in [5.41, 5.74) is 0.559. The van der Waals surface area contributed by atoms with Crippen molar-refractivity contribution in [1.29, 1.82) is 10.5 Å². The predicted octanol–water partition coefficient (Wildman–Crippen LogP) is 5.08. The van der Waals surface area contributed by atoms with Gasteiger partial charge in [-0.3, -0.25) is 0 Å². The van der Waals surface area contributed by atoms with Crippen molar-refractivity contribution in [3.8, 4) is 12.1 Å². The summed E-state index contributed by atoms with van der Waals surface area (Å²) in [6.45, 7) is 4.27. The van der Waals surface area contributed by atoms with Gasteiger partial charge in [0.1, 0.15) is 12.7 Å². The normalized spacial score (nSPS) is 14.1. The number of ether oxygens (including phenoxy) is 1. The number of nitrogens with zero attached hydrogens (tertiary/aromatic N) is 2. The Morgan fingerprint density at radius 3 is 1.93 bits per heavy atom. The van der Waals surface area contributed by atoms with Crippen molar-refractivity contribution in [3.63, 3.8) is 0 Å². The first-order valence-corrected chi connectivity index (χ1v) is 11.5. The molecular weight excluding hydrogens is 436 g/mol. The Morgan fingerprint density at radius 2 is 1.46 bits per heavy atom. The number of nitriles is 2. The molecule has 0 amide bonds. The monoisotopic (exact) mass is 450 g/mol. The zero-order chi connectivity index (χ0) is 20.1. The fraction of sp³-hybridized carbons (Fsp3) is 0.278. The highest BCUT2D eigenvalue weighted by molar-refractivity contribution is 8.25. The lowest BCUT2D eigenvalue weighted by atomic mass is 10.3. The molecule has 0 bridgehead atoms. The summed E-state index contributed by atoms with van der Waals surface area (Å²) in [5, 5.41) is 18.7. The van der Waals surface area contributed by atoms with Crippen molar-refractivity contribution in [2.45, 2.75) is 33.4 Å². The van der Waals surface area contributed by atoms with Crippen molar-refractivity contribution in [3.05, 3.63) is 31.8 Å². The van der Waals surface area contributed by atoms with Crippen LogP contribution in [0.2, 0.25) is 0 Å². The number of hydrogen-bond donors (Lipinski definition) is 0. The number of rotatable bonds is 6. The predicted molar refractivity (Wildman–Crippen MR) is 109 cm³/mol. The van der Waals surface area contributed by atoms with E-state index < -0.39 is 5.97 Å². The van der Waals surface area contributed by atoms with Crippen LogP contribution in [0.25, 0.3) is 0 Å². The van der Waals surface area contributed by atoms with Crippen LogP contribution in [0.4, 0.5) is 0 Å². The molecule has 0 N–H and O–H groups in total. The van der Waals surface area contributed by atoms with E-state index in [9.17, 15) is 15.3 Å². The van der Waals surface area contributed by atoms with Gasteiger partial charge in [-0.1, -0.05) is 47.0 Å². The average Bonchev–Trinajstić information content (AvgIpc) is 3.27. The largest absolute Gasteiger partial charge is 0.462 e. The topological polar surface area (TPSA) is 92.3 Å². The Balaban J connectivity index is 1.82. The Hall–Kier alpha value is -1.53. The van der Waals surface area contributed by atoms with Crippen molar-refractivity contribution >= 4 is 53.0 Å². The number of carbonyl (C=O) groups excluding carboxylic acids is 1. The summed E-state index contributed by atoms with van der Waals surface area (Å²) in [4.78, 5) is 25.9. The van der Waals surface area contributed by atoms with Gasteiger partial charge in [0.15, 0.2) is 5.57 Å². The number of benzene rings is 1. The highest BCUT2D eigenvalue weighted by atomic mass is 32.2. The third-order valence-corrected chi connectivity index (χ3v) is 8.53. The van der Waals surface area contributed by atoms with E-state index >= 15 is 0 Å². The molecule has 0 saturated carbocycles. The molecule has 0 radical (unpaired) electrons. The standard InChI is InChI=1S/C18H14N2O4S4/c1-3-22-16(21)11(8-20)18-27-14-5-12-13(6-15(14)28-18)26-17(25-12)10(7-19)9-24-23-4-2/h5-6H,3-4,9H2,1-2H3. The molecule has 2 heterocycles. The summed E-state index contributed by atoms with van der Waals surface area (Å²) in [6, 6.07) is 8.19. The second-order valence-corrected chi connectivity index (χ2v) is 9.92. The van der Waals surface area contributed by atoms with Crippen LogP contribution in [0.1, 0.15) is 13.8 Å². The molecule has 1 aromatic carbocycles. The molecule has 2 aliphatic rings. The van der Waals surface area contributed by atoms with Crippen molar-refractivity contribution < 1.29 is 19.3 Å². The Bertz CT molecular complexity index is 921. The third kappa shape index (κ3) is 4.54. The van der Waals surface area contributed by atoms with E-state index in [2.05, 4.69) is 6.07 Å². The quantitative estimate of drug-likeness (QED) is 0.146. The van der Waals surface area contributed by atoms with E-state index in [4.69, 9.17) is 14.5 Å². The minimum atomic E-state index is -0.595. The van der Waals surface area contributed by atoms with Gasteiger partial charge in [-0.15, -0.1) is 0 Å². The Morgan fingerprint density at radius 1 is 0.893 bits per heavy atom. The summed E-state index contributed by atoms with van der Waals surface area (Å²) >= 11 is 5.81. The van der Waals surface area contributed by atoms with Gasteiger partial charge in [0.05, 0.1) is 33.3 Å². The molecule has 0 unspecified atom stereocenters. The zero-order valence-electron chi connectivity index (χ0n) is 14.9. The van der Waals surface area contributed by atoms with Crippen LogP contribution in [0.5, 0.6) is 0 Å². The number of hydrogen-bond acceptors (Lipinski definition) is 10.